The first kappa shape index (κ1) is 12.4. The first-order valence-electron chi connectivity index (χ1n) is 6.70. The highest BCUT2D eigenvalue weighted by atomic mass is 16.5. The molecule has 0 bridgehead atoms. The molecule has 1 atom stereocenters. The van der Waals surface area contributed by atoms with Crippen molar-refractivity contribution in [2.45, 2.75) is 84.1 Å². The van der Waals surface area contributed by atoms with Gasteiger partial charge in [-0.25, -0.2) is 0 Å². The van der Waals surface area contributed by atoms with Crippen molar-refractivity contribution in [1.82, 2.24) is 5.32 Å². The summed E-state index contributed by atoms with van der Waals surface area (Å²) in [6.45, 7) is 11.5. The van der Waals surface area contributed by atoms with Crippen LogP contribution in [-0.4, -0.2) is 17.4 Å². The minimum Gasteiger partial charge on any atom is -0.355 e. The van der Waals surface area contributed by atoms with Crippen molar-refractivity contribution in [3.63, 3.8) is 0 Å². The van der Waals surface area contributed by atoms with E-state index in [1.165, 1.54) is 12.8 Å². The Morgan fingerprint density at radius 3 is 2.06 bits per heavy atom. The molecule has 2 heteroatoms. The predicted molar refractivity (Wildman–Crippen MR) is 67.4 cm³/mol. The van der Waals surface area contributed by atoms with Gasteiger partial charge in [-0.1, -0.05) is 13.8 Å². The Labute approximate surface area is 100 Å². The topological polar surface area (TPSA) is 21.3 Å². The van der Waals surface area contributed by atoms with Crippen LogP contribution in [0.25, 0.3) is 0 Å². The maximum absolute atomic E-state index is 6.35. The molecule has 2 nitrogen and oxygen atoms in total. The van der Waals surface area contributed by atoms with E-state index in [9.17, 15) is 0 Å². The highest BCUT2D eigenvalue weighted by molar-refractivity contribution is 4.96. The van der Waals surface area contributed by atoms with Gasteiger partial charge in [-0.15, -0.1) is 0 Å². The molecule has 16 heavy (non-hydrogen) atoms. The van der Waals surface area contributed by atoms with E-state index in [0.29, 0.717) is 11.5 Å². The number of rotatable bonds is 0. The fourth-order valence-electron chi connectivity index (χ4n) is 3.41. The summed E-state index contributed by atoms with van der Waals surface area (Å²) in [5, 5.41) is 3.70. The molecule has 0 aromatic heterocycles. The van der Waals surface area contributed by atoms with E-state index in [-0.39, 0.29) is 11.3 Å². The fourth-order valence-corrected chi connectivity index (χ4v) is 3.41. The highest BCUT2D eigenvalue weighted by Crippen LogP contribution is 2.44. The molecular formula is C14H27NO. The van der Waals surface area contributed by atoms with Crippen LogP contribution >= 0.6 is 0 Å². The summed E-state index contributed by atoms with van der Waals surface area (Å²) in [6.07, 6.45) is 5.96. The molecule has 2 rings (SSSR count). The van der Waals surface area contributed by atoms with Gasteiger partial charge in [0.1, 0.15) is 5.72 Å². The molecule has 0 amide bonds. The molecule has 1 saturated carbocycles. The van der Waals surface area contributed by atoms with E-state index in [1.807, 2.05) is 0 Å². The number of ether oxygens (including phenoxy) is 1. The zero-order valence-electron chi connectivity index (χ0n) is 11.5. The molecule has 2 aliphatic rings. The van der Waals surface area contributed by atoms with Crippen LogP contribution in [0.15, 0.2) is 0 Å². The largest absolute Gasteiger partial charge is 0.355 e. The smallest absolute Gasteiger partial charge is 0.120 e. The second kappa shape index (κ2) is 3.71. The Morgan fingerprint density at radius 2 is 1.56 bits per heavy atom. The molecule has 1 heterocycles. The van der Waals surface area contributed by atoms with E-state index in [4.69, 9.17) is 4.74 Å². The van der Waals surface area contributed by atoms with Crippen molar-refractivity contribution in [1.29, 1.82) is 0 Å². The number of hydrogen-bond donors (Lipinski definition) is 1. The minimum atomic E-state index is -0.0311. The standard InChI is InChI=1S/C14H27NO/c1-11-10-13(4,5)16-14(15-11)8-6-12(2,3)7-9-14/h11,15H,6-10H2,1-5H3. The Bertz CT molecular complexity index is 260. The van der Waals surface area contributed by atoms with E-state index in [1.54, 1.807) is 0 Å². The quantitative estimate of drug-likeness (QED) is 0.681. The summed E-state index contributed by atoms with van der Waals surface area (Å²) in [5.41, 5.74) is 0.504. The molecule has 94 valence electrons. The van der Waals surface area contributed by atoms with Gasteiger partial charge in [-0.2, -0.15) is 0 Å². The van der Waals surface area contributed by atoms with Gasteiger partial charge < -0.3 is 4.74 Å². The lowest BCUT2D eigenvalue weighted by atomic mass is 9.73. The third kappa shape index (κ3) is 2.60. The van der Waals surface area contributed by atoms with Gasteiger partial charge in [-0.05, 0) is 58.3 Å². The van der Waals surface area contributed by atoms with Crippen LogP contribution in [0.1, 0.15) is 66.7 Å². The fraction of sp³-hybridized carbons (Fsp3) is 1.00. The molecule has 0 radical (unpaired) electrons. The molecule has 1 spiro atoms. The molecule has 0 aromatic carbocycles. The first-order chi connectivity index (χ1) is 7.22. The lowest BCUT2D eigenvalue weighted by molar-refractivity contribution is -0.216. The molecular weight excluding hydrogens is 198 g/mol. The summed E-state index contributed by atoms with van der Waals surface area (Å²) < 4.78 is 6.35. The zero-order chi connectivity index (χ0) is 12.0. The van der Waals surface area contributed by atoms with Crippen molar-refractivity contribution in [2.75, 3.05) is 0 Å². The summed E-state index contributed by atoms with van der Waals surface area (Å²) in [6, 6.07) is 0.574. The normalized spacial score (nSPS) is 36.2. The molecule has 1 unspecified atom stereocenters. The van der Waals surface area contributed by atoms with Crippen LogP contribution in [0.4, 0.5) is 0 Å². The summed E-state index contributed by atoms with van der Waals surface area (Å²) >= 11 is 0. The first-order valence-corrected chi connectivity index (χ1v) is 6.70. The average Bonchev–Trinajstić information content (AvgIpc) is 2.08. The predicted octanol–water partition coefficient (Wildman–Crippen LogP) is 3.46. The average molecular weight is 225 g/mol. The van der Waals surface area contributed by atoms with Crippen molar-refractivity contribution >= 4 is 0 Å². The van der Waals surface area contributed by atoms with Crippen molar-refractivity contribution in [3.05, 3.63) is 0 Å². The van der Waals surface area contributed by atoms with Crippen molar-refractivity contribution in [2.24, 2.45) is 5.41 Å². The second-order valence-electron chi connectivity index (χ2n) is 7.27. The van der Waals surface area contributed by atoms with Crippen LogP contribution in [0.2, 0.25) is 0 Å². The molecule has 1 aliphatic heterocycles. The SMILES string of the molecule is CC1CC(C)(C)OC2(CCC(C)(C)CC2)N1. The van der Waals surface area contributed by atoms with E-state index >= 15 is 0 Å². The molecule has 1 aliphatic carbocycles. The van der Waals surface area contributed by atoms with Crippen LogP contribution in [0.5, 0.6) is 0 Å². The molecule has 1 saturated heterocycles. The summed E-state index contributed by atoms with van der Waals surface area (Å²) in [4.78, 5) is 0. The van der Waals surface area contributed by atoms with Gasteiger partial charge >= 0.3 is 0 Å². The zero-order valence-corrected chi connectivity index (χ0v) is 11.5. The molecule has 2 fully saturated rings. The Balaban J connectivity index is 2.08. The lowest BCUT2D eigenvalue weighted by Gasteiger charge is -2.53. The van der Waals surface area contributed by atoms with Gasteiger partial charge in [0.15, 0.2) is 0 Å². The Morgan fingerprint density at radius 1 is 1.00 bits per heavy atom. The van der Waals surface area contributed by atoms with Crippen molar-refractivity contribution < 1.29 is 4.74 Å². The number of nitrogens with one attached hydrogen (secondary N) is 1. The number of hydrogen-bond acceptors (Lipinski definition) is 2. The molecule has 1 N–H and O–H groups in total. The van der Waals surface area contributed by atoms with Gasteiger partial charge in [0, 0.05) is 6.04 Å². The van der Waals surface area contributed by atoms with Crippen LogP contribution < -0.4 is 5.32 Å². The Kier molecular flexibility index (Phi) is 2.87. The lowest BCUT2D eigenvalue weighted by Crippen LogP contribution is -2.62. The third-order valence-corrected chi connectivity index (χ3v) is 4.19. The summed E-state index contributed by atoms with van der Waals surface area (Å²) in [5.74, 6) is 0. The molecule has 0 aromatic rings. The second-order valence-corrected chi connectivity index (χ2v) is 7.27. The van der Waals surface area contributed by atoms with Gasteiger partial charge in [-0.3, -0.25) is 5.32 Å². The minimum absolute atomic E-state index is 0.0311. The monoisotopic (exact) mass is 225 g/mol. The maximum Gasteiger partial charge on any atom is 0.120 e. The van der Waals surface area contributed by atoms with E-state index in [2.05, 4.69) is 39.9 Å². The van der Waals surface area contributed by atoms with Crippen LogP contribution in [0.3, 0.4) is 0 Å². The maximum atomic E-state index is 6.35. The van der Waals surface area contributed by atoms with Crippen molar-refractivity contribution in [3.8, 4) is 0 Å². The van der Waals surface area contributed by atoms with Crippen LogP contribution in [-0.2, 0) is 4.74 Å². The summed E-state index contributed by atoms with van der Waals surface area (Å²) in [7, 11) is 0. The van der Waals surface area contributed by atoms with Gasteiger partial charge in [0.2, 0.25) is 0 Å². The van der Waals surface area contributed by atoms with E-state index < -0.39 is 0 Å². The van der Waals surface area contributed by atoms with Gasteiger partial charge in [0.25, 0.3) is 0 Å². The van der Waals surface area contributed by atoms with Gasteiger partial charge in [0.05, 0.1) is 5.60 Å². The highest BCUT2D eigenvalue weighted by Gasteiger charge is 2.46. The van der Waals surface area contributed by atoms with E-state index in [0.717, 1.165) is 19.3 Å². The Hall–Kier alpha value is -0.0800. The van der Waals surface area contributed by atoms with Crippen LogP contribution in [0, 0.1) is 5.41 Å². The third-order valence-electron chi connectivity index (χ3n) is 4.19.